The summed E-state index contributed by atoms with van der Waals surface area (Å²) in [6.45, 7) is 4.20. The highest BCUT2D eigenvalue weighted by molar-refractivity contribution is 7.96. The fourth-order valence-electron chi connectivity index (χ4n) is 1.53. The van der Waals surface area contributed by atoms with Crippen molar-refractivity contribution in [2.24, 2.45) is 0 Å². The molecule has 0 N–H and O–H groups in total. The number of halogens is 1. The minimum atomic E-state index is -0.0790. The molecule has 0 amide bonds. The van der Waals surface area contributed by atoms with Gasteiger partial charge in [-0.05, 0) is 30.7 Å². The Labute approximate surface area is 95.8 Å². The van der Waals surface area contributed by atoms with Crippen LogP contribution in [0.5, 0.6) is 0 Å². The van der Waals surface area contributed by atoms with Crippen molar-refractivity contribution in [3.63, 3.8) is 0 Å². The maximum Gasteiger partial charge on any atom is 0.126 e. The topological polar surface area (TPSA) is 3.24 Å². The fourth-order valence-corrected chi connectivity index (χ4v) is 2.10. The van der Waals surface area contributed by atoms with Crippen LogP contribution in [0.25, 0.3) is 0 Å². The van der Waals surface area contributed by atoms with Gasteiger partial charge in [0.15, 0.2) is 0 Å². The van der Waals surface area contributed by atoms with Gasteiger partial charge in [-0.2, -0.15) is 0 Å². The number of hydrogen-bond acceptors (Lipinski definition) is 2. The van der Waals surface area contributed by atoms with Crippen LogP contribution < -0.4 is 0 Å². The van der Waals surface area contributed by atoms with Gasteiger partial charge in [0.25, 0.3) is 0 Å². The van der Waals surface area contributed by atoms with Gasteiger partial charge in [0.1, 0.15) is 5.82 Å². The summed E-state index contributed by atoms with van der Waals surface area (Å²) in [7, 11) is 0. The summed E-state index contributed by atoms with van der Waals surface area (Å²) >= 11 is 1.75. The van der Waals surface area contributed by atoms with E-state index in [4.69, 9.17) is 0 Å². The first-order valence-corrected chi connectivity index (χ1v) is 6.48. The smallest absolute Gasteiger partial charge is 0.126 e. The number of aryl methyl sites for hydroxylation is 1. The molecule has 0 heterocycles. The average Bonchev–Trinajstić information content (AvgIpc) is 2.27. The number of hydrogen-bond donors (Lipinski definition) is 0. The van der Waals surface area contributed by atoms with E-state index in [2.05, 4.69) is 17.5 Å². The molecule has 1 rings (SSSR count). The minimum Gasteiger partial charge on any atom is -0.251 e. The van der Waals surface area contributed by atoms with Gasteiger partial charge in [0.2, 0.25) is 0 Å². The summed E-state index contributed by atoms with van der Waals surface area (Å²) in [6.07, 6.45) is 3.91. The van der Waals surface area contributed by atoms with Crippen LogP contribution in [-0.2, 0) is 6.42 Å². The van der Waals surface area contributed by atoms with Gasteiger partial charge in [-0.3, -0.25) is 4.31 Å². The monoisotopic (exact) mass is 227 g/mol. The summed E-state index contributed by atoms with van der Waals surface area (Å²) in [6, 6.07) is 7.02. The zero-order valence-electron chi connectivity index (χ0n) is 9.37. The molecule has 0 fully saturated rings. The molecule has 0 aliphatic carbocycles. The Hall–Kier alpha value is -0.540. The third-order valence-electron chi connectivity index (χ3n) is 2.42. The molecule has 0 aliphatic heterocycles. The first-order valence-electron chi connectivity index (χ1n) is 5.30. The molecule has 0 aliphatic rings. The second kappa shape index (κ2) is 6.85. The molecular formula is C12H18FNS. The Balaban J connectivity index is 2.34. The molecule has 0 radical (unpaired) electrons. The predicted octanol–water partition coefficient (Wildman–Crippen LogP) is 3.36. The van der Waals surface area contributed by atoms with Crippen molar-refractivity contribution in [2.45, 2.75) is 19.8 Å². The van der Waals surface area contributed by atoms with Crippen LogP contribution >= 0.6 is 11.9 Å². The van der Waals surface area contributed by atoms with E-state index in [9.17, 15) is 4.39 Å². The number of rotatable bonds is 6. The highest BCUT2D eigenvalue weighted by Gasteiger charge is 2.02. The lowest BCUT2D eigenvalue weighted by atomic mass is 10.1. The van der Waals surface area contributed by atoms with Gasteiger partial charge >= 0.3 is 0 Å². The lowest BCUT2D eigenvalue weighted by Gasteiger charge is -2.16. The molecular weight excluding hydrogens is 209 g/mol. The molecule has 0 spiro atoms. The van der Waals surface area contributed by atoms with E-state index in [1.54, 1.807) is 18.0 Å². The molecule has 84 valence electrons. The molecule has 0 saturated carbocycles. The molecule has 1 aromatic carbocycles. The third-order valence-corrected chi connectivity index (χ3v) is 3.38. The van der Waals surface area contributed by atoms with Gasteiger partial charge in [0, 0.05) is 13.1 Å². The highest BCUT2D eigenvalue weighted by Crippen LogP contribution is 2.11. The van der Waals surface area contributed by atoms with Crippen molar-refractivity contribution in [1.29, 1.82) is 0 Å². The van der Waals surface area contributed by atoms with E-state index in [1.807, 2.05) is 12.1 Å². The lowest BCUT2D eigenvalue weighted by molar-refractivity contribution is 0.480. The zero-order chi connectivity index (χ0) is 11.1. The minimum absolute atomic E-state index is 0.0790. The largest absolute Gasteiger partial charge is 0.251 e. The van der Waals surface area contributed by atoms with Crippen molar-refractivity contribution in [2.75, 3.05) is 19.3 Å². The summed E-state index contributed by atoms with van der Waals surface area (Å²) in [5, 5.41) is 0. The van der Waals surface area contributed by atoms with Crippen molar-refractivity contribution >= 4 is 11.9 Å². The van der Waals surface area contributed by atoms with Crippen LogP contribution in [0.1, 0.15) is 18.9 Å². The van der Waals surface area contributed by atoms with Crippen molar-refractivity contribution in [3.05, 3.63) is 35.6 Å². The van der Waals surface area contributed by atoms with E-state index in [0.717, 1.165) is 31.5 Å². The van der Waals surface area contributed by atoms with Crippen molar-refractivity contribution in [1.82, 2.24) is 4.31 Å². The molecule has 15 heavy (non-hydrogen) atoms. The molecule has 0 bridgehead atoms. The summed E-state index contributed by atoms with van der Waals surface area (Å²) in [5.74, 6) is -0.0790. The Morgan fingerprint density at radius 1 is 1.33 bits per heavy atom. The molecule has 0 unspecified atom stereocenters. The van der Waals surface area contributed by atoms with Crippen molar-refractivity contribution < 1.29 is 4.39 Å². The standard InChI is InChI=1S/C12H18FNS/c1-3-14(15-2)10-6-8-11-7-4-5-9-12(11)13/h4-5,7,9H,3,6,8,10H2,1-2H3. The molecule has 0 saturated heterocycles. The van der Waals surface area contributed by atoms with Gasteiger partial charge in [0.05, 0.1) is 0 Å². The van der Waals surface area contributed by atoms with Crippen LogP contribution in [0.2, 0.25) is 0 Å². The second-order valence-corrected chi connectivity index (χ2v) is 4.28. The first kappa shape index (κ1) is 12.5. The number of benzene rings is 1. The Bertz CT molecular complexity index is 287. The van der Waals surface area contributed by atoms with Gasteiger partial charge < -0.3 is 0 Å². The van der Waals surface area contributed by atoms with Crippen LogP contribution in [0.4, 0.5) is 4.39 Å². The zero-order valence-corrected chi connectivity index (χ0v) is 10.2. The van der Waals surface area contributed by atoms with Crippen LogP contribution in [0.15, 0.2) is 24.3 Å². The SMILES string of the molecule is CCN(CCCc1ccccc1F)SC. The van der Waals surface area contributed by atoms with E-state index in [-0.39, 0.29) is 5.82 Å². The summed E-state index contributed by atoms with van der Waals surface area (Å²) in [5.41, 5.74) is 0.828. The van der Waals surface area contributed by atoms with Crippen molar-refractivity contribution in [3.8, 4) is 0 Å². The van der Waals surface area contributed by atoms with E-state index < -0.39 is 0 Å². The maximum atomic E-state index is 13.3. The Morgan fingerprint density at radius 2 is 2.07 bits per heavy atom. The molecule has 0 aromatic heterocycles. The number of nitrogens with zero attached hydrogens (tertiary/aromatic N) is 1. The predicted molar refractivity (Wildman–Crippen MR) is 65.5 cm³/mol. The Kier molecular flexibility index (Phi) is 5.73. The van der Waals surface area contributed by atoms with Gasteiger partial charge in [-0.25, -0.2) is 4.39 Å². The maximum absolute atomic E-state index is 13.3. The third kappa shape index (κ3) is 4.22. The average molecular weight is 227 g/mol. The van der Waals surface area contributed by atoms with Crippen LogP contribution in [-0.4, -0.2) is 23.7 Å². The second-order valence-electron chi connectivity index (χ2n) is 3.40. The van der Waals surface area contributed by atoms with Crippen LogP contribution in [0.3, 0.4) is 0 Å². The van der Waals surface area contributed by atoms with Gasteiger partial charge in [-0.1, -0.05) is 37.1 Å². The normalized spacial score (nSPS) is 10.9. The van der Waals surface area contributed by atoms with Crippen LogP contribution in [0, 0.1) is 5.82 Å². The van der Waals surface area contributed by atoms with E-state index in [0.29, 0.717) is 0 Å². The molecule has 1 nitrogen and oxygen atoms in total. The molecule has 1 aromatic rings. The first-order chi connectivity index (χ1) is 7.27. The van der Waals surface area contributed by atoms with E-state index in [1.165, 1.54) is 6.07 Å². The Morgan fingerprint density at radius 3 is 2.67 bits per heavy atom. The summed E-state index contributed by atoms with van der Waals surface area (Å²) < 4.78 is 15.5. The quantitative estimate of drug-likeness (QED) is 0.686. The molecule has 0 atom stereocenters. The lowest BCUT2D eigenvalue weighted by Crippen LogP contribution is -2.16. The van der Waals surface area contributed by atoms with E-state index >= 15 is 0 Å². The van der Waals surface area contributed by atoms with Gasteiger partial charge in [-0.15, -0.1) is 0 Å². The molecule has 3 heteroatoms. The summed E-state index contributed by atoms with van der Waals surface area (Å²) in [4.78, 5) is 0. The highest BCUT2D eigenvalue weighted by atomic mass is 32.2. The fraction of sp³-hybridized carbons (Fsp3) is 0.500.